The highest BCUT2D eigenvalue weighted by atomic mass is 16.2. The summed E-state index contributed by atoms with van der Waals surface area (Å²) in [6.45, 7) is 10.3. The third-order valence-electron chi connectivity index (χ3n) is 4.39. The molecule has 0 N–H and O–H groups in total. The lowest BCUT2D eigenvalue weighted by atomic mass is 10.0. The molecule has 0 aromatic rings. The van der Waals surface area contributed by atoms with Crippen LogP contribution in [0.25, 0.3) is 0 Å². The summed E-state index contributed by atoms with van der Waals surface area (Å²) < 4.78 is 0. The van der Waals surface area contributed by atoms with Crippen LogP contribution in [-0.2, 0) is 4.79 Å². The Bertz CT molecular complexity index is 303. The zero-order valence-electron chi connectivity index (χ0n) is 11.6. The Balaban J connectivity index is 1.69. The predicted molar refractivity (Wildman–Crippen MR) is 74.4 cm³/mol. The highest BCUT2D eigenvalue weighted by molar-refractivity contribution is 5.78. The van der Waals surface area contributed by atoms with Crippen molar-refractivity contribution in [2.75, 3.05) is 26.2 Å². The summed E-state index contributed by atoms with van der Waals surface area (Å²) >= 11 is 0. The van der Waals surface area contributed by atoms with Gasteiger partial charge in [-0.05, 0) is 32.7 Å². The SMILES string of the molecule is C=CC1CC(=O)N(CCCN2CCCCC2C)C1. The van der Waals surface area contributed by atoms with Crippen LogP contribution in [-0.4, -0.2) is 47.9 Å². The summed E-state index contributed by atoms with van der Waals surface area (Å²) in [4.78, 5) is 16.3. The number of carbonyl (C=O) groups excluding carboxylic acids is 1. The minimum absolute atomic E-state index is 0.312. The Morgan fingerprint density at radius 1 is 1.39 bits per heavy atom. The van der Waals surface area contributed by atoms with Crippen molar-refractivity contribution in [3.63, 3.8) is 0 Å². The van der Waals surface area contributed by atoms with E-state index in [1.165, 1.54) is 25.8 Å². The quantitative estimate of drug-likeness (QED) is 0.699. The summed E-state index contributed by atoms with van der Waals surface area (Å²) in [5.74, 6) is 0.693. The molecule has 2 aliphatic rings. The Morgan fingerprint density at radius 2 is 2.22 bits per heavy atom. The average molecular weight is 250 g/mol. The summed E-state index contributed by atoms with van der Waals surface area (Å²) in [6, 6.07) is 0.731. The minimum Gasteiger partial charge on any atom is -0.342 e. The zero-order valence-corrected chi connectivity index (χ0v) is 11.6. The van der Waals surface area contributed by atoms with Gasteiger partial charge in [-0.2, -0.15) is 0 Å². The molecule has 0 saturated carbocycles. The van der Waals surface area contributed by atoms with Gasteiger partial charge >= 0.3 is 0 Å². The second-order valence-corrected chi connectivity index (χ2v) is 5.77. The Labute approximate surface area is 111 Å². The molecule has 3 nitrogen and oxygen atoms in total. The molecule has 0 aliphatic carbocycles. The second kappa shape index (κ2) is 6.37. The fourth-order valence-electron chi connectivity index (χ4n) is 3.13. The molecular weight excluding hydrogens is 224 g/mol. The molecule has 2 atom stereocenters. The minimum atomic E-state index is 0.312. The molecule has 2 unspecified atom stereocenters. The maximum Gasteiger partial charge on any atom is 0.223 e. The average Bonchev–Trinajstić information content (AvgIpc) is 2.73. The van der Waals surface area contributed by atoms with Crippen LogP contribution < -0.4 is 0 Å². The van der Waals surface area contributed by atoms with Gasteiger partial charge in [-0.3, -0.25) is 4.79 Å². The first-order valence-corrected chi connectivity index (χ1v) is 7.35. The smallest absolute Gasteiger partial charge is 0.223 e. The van der Waals surface area contributed by atoms with E-state index < -0.39 is 0 Å². The van der Waals surface area contributed by atoms with Crippen LogP contribution in [0.1, 0.15) is 39.0 Å². The normalized spacial score (nSPS) is 29.8. The molecule has 2 fully saturated rings. The maximum atomic E-state index is 11.8. The number of piperidine rings is 1. The van der Waals surface area contributed by atoms with E-state index in [1.807, 2.05) is 11.0 Å². The molecule has 102 valence electrons. The number of carbonyl (C=O) groups is 1. The van der Waals surface area contributed by atoms with E-state index >= 15 is 0 Å². The van der Waals surface area contributed by atoms with E-state index in [1.54, 1.807) is 0 Å². The molecule has 0 aromatic carbocycles. The summed E-state index contributed by atoms with van der Waals surface area (Å²) in [5, 5.41) is 0. The van der Waals surface area contributed by atoms with Gasteiger partial charge in [-0.15, -0.1) is 6.58 Å². The summed E-state index contributed by atoms with van der Waals surface area (Å²) in [6.07, 6.45) is 7.75. The lowest BCUT2D eigenvalue weighted by Crippen LogP contribution is -2.39. The molecule has 2 rings (SSSR count). The highest BCUT2D eigenvalue weighted by Crippen LogP contribution is 2.20. The third-order valence-corrected chi connectivity index (χ3v) is 4.39. The number of hydrogen-bond donors (Lipinski definition) is 0. The molecule has 0 aromatic heterocycles. The first-order chi connectivity index (χ1) is 8.70. The van der Waals surface area contributed by atoms with Crippen LogP contribution in [0.5, 0.6) is 0 Å². The van der Waals surface area contributed by atoms with E-state index in [2.05, 4.69) is 18.4 Å². The van der Waals surface area contributed by atoms with Crippen LogP contribution in [0.15, 0.2) is 12.7 Å². The van der Waals surface area contributed by atoms with Crippen molar-refractivity contribution in [3.05, 3.63) is 12.7 Å². The molecule has 0 spiro atoms. The standard InChI is InChI=1S/C15H26N2O/c1-3-14-11-15(18)17(12-14)10-6-9-16-8-5-4-7-13(16)2/h3,13-14H,1,4-12H2,2H3. The van der Waals surface area contributed by atoms with Gasteiger partial charge < -0.3 is 9.80 Å². The maximum absolute atomic E-state index is 11.8. The third kappa shape index (κ3) is 3.35. The Morgan fingerprint density at radius 3 is 2.89 bits per heavy atom. The van der Waals surface area contributed by atoms with Gasteiger partial charge in [0.05, 0.1) is 0 Å². The van der Waals surface area contributed by atoms with E-state index in [0.29, 0.717) is 18.2 Å². The van der Waals surface area contributed by atoms with Crippen molar-refractivity contribution < 1.29 is 4.79 Å². The fourth-order valence-corrected chi connectivity index (χ4v) is 3.13. The van der Waals surface area contributed by atoms with Crippen molar-refractivity contribution in [3.8, 4) is 0 Å². The fraction of sp³-hybridized carbons (Fsp3) is 0.800. The molecule has 18 heavy (non-hydrogen) atoms. The molecule has 1 amide bonds. The van der Waals surface area contributed by atoms with Crippen molar-refractivity contribution >= 4 is 5.91 Å². The number of rotatable bonds is 5. The predicted octanol–water partition coefficient (Wildman–Crippen LogP) is 2.29. The molecule has 2 aliphatic heterocycles. The summed E-state index contributed by atoms with van der Waals surface area (Å²) in [7, 11) is 0. The van der Waals surface area contributed by atoms with Crippen molar-refractivity contribution in [1.29, 1.82) is 0 Å². The molecule has 2 saturated heterocycles. The topological polar surface area (TPSA) is 23.6 Å². The van der Waals surface area contributed by atoms with E-state index in [9.17, 15) is 4.79 Å². The Kier molecular flexibility index (Phi) is 4.81. The van der Waals surface area contributed by atoms with Gasteiger partial charge in [0.2, 0.25) is 5.91 Å². The lowest BCUT2D eigenvalue weighted by molar-refractivity contribution is -0.127. The molecular formula is C15H26N2O. The van der Waals surface area contributed by atoms with E-state index in [0.717, 1.165) is 32.1 Å². The highest BCUT2D eigenvalue weighted by Gasteiger charge is 2.27. The van der Waals surface area contributed by atoms with Gasteiger partial charge in [-0.25, -0.2) is 0 Å². The van der Waals surface area contributed by atoms with Crippen LogP contribution >= 0.6 is 0 Å². The Hall–Kier alpha value is -0.830. The van der Waals surface area contributed by atoms with Crippen molar-refractivity contribution in [2.24, 2.45) is 5.92 Å². The van der Waals surface area contributed by atoms with Crippen LogP contribution in [0, 0.1) is 5.92 Å². The van der Waals surface area contributed by atoms with Gasteiger partial charge in [0.15, 0.2) is 0 Å². The second-order valence-electron chi connectivity index (χ2n) is 5.77. The van der Waals surface area contributed by atoms with Crippen molar-refractivity contribution in [1.82, 2.24) is 9.80 Å². The number of likely N-dealkylation sites (tertiary alicyclic amines) is 2. The summed E-state index contributed by atoms with van der Waals surface area (Å²) in [5.41, 5.74) is 0. The van der Waals surface area contributed by atoms with Crippen molar-refractivity contribution in [2.45, 2.75) is 45.1 Å². The van der Waals surface area contributed by atoms with E-state index in [-0.39, 0.29) is 0 Å². The number of nitrogens with zero attached hydrogens (tertiary/aromatic N) is 2. The van der Waals surface area contributed by atoms with Crippen LogP contribution in [0.3, 0.4) is 0 Å². The van der Waals surface area contributed by atoms with Crippen LogP contribution in [0.4, 0.5) is 0 Å². The van der Waals surface area contributed by atoms with E-state index in [4.69, 9.17) is 0 Å². The van der Waals surface area contributed by atoms with Crippen LogP contribution in [0.2, 0.25) is 0 Å². The zero-order chi connectivity index (χ0) is 13.0. The van der Waals surface area contributed by atoms with Gasteiger partial charge in [0.1, 0.15) is 0 Å². The molecule has 3 heteroatoms. The lowest BCUT2D eigenvalue weighted by Gasteiger charge is -2.33. The van der Waals surface area contributed by atoms with Gasteiger partial charge in [0.25, 0.3) is 0 Å². The molecule has 2 heterocycles. The first kappa shape index (κ1) is 13.6. The first-order valence-electron chi connectivity index (χ1n) is 7.35. The van der Waals surface area contributed by atoms with Gasteiger partial charge in [0, 0.05) is 38.0 Å². The van der Waals surface area contributed by atoms with Gasteiger partial charge in [-0.1, -0.05) is 12.5 Å². The molecule has 0 radical (unpaired) electrons. The number of amides is 1. The largest absolute Gasteiger partial charge is 0.342 e. The number of hydrogen-bond acceptors (Lipinski definition) is 2. The molecule has 0 bridgehead atoms. The monoisotopic (exact) mass is 250 g/mol.